The fourth-order valence-electron chi connectivity index (χ4n) is 2.99. The summed E-state index contributed by atoms with van der Waals surface area (Å²) in [7, 11) is 0. The molecule has 0 aliphatic heterocycles. The molecule has 120 valence electrons. The van der Waals surface area contributed by atoms with E-state index in [0.29, 0.717) is 0 Å². The van der Waals surface area contributed by atoms with Crippen LogP contribution in [0.1, 0.15) is 33.0 Å². The third-order valence-corrected chi connectivity index (χ3v) is 4.97. The number of carbonyl (C=O) groups is 1. The molecule has 0 aromatic heterocycles. The van der Waals surface area contributed by atoms with E-state index in [2.05, 4.69) is 31.4 Å². The molecule has 0 aliphatic carbocycles. The average Bonchev–Trinajstić information content (AvgIpc) is 2.64. The predicted molar refractivity (Wildman–Crippen MR) is 102 cm³/mol. The van der Waals surface area contributed by atoms with Crippen molar-refractivity contribution in [3.8, 4) is 0 Å². The lowest BCUT2D eigenvalue weighted by Crippen LogP contribution is -2.15. The van der Waals surface area contributed by atoms with Gasteiger partial charge in [0.25, 0.3) is 0 Å². The molecule has 0 N–H and O–H groups in total. The molecule has 0 spiro atoms. The molecule has 0 radical (unpaired) electrons. The largest absolute Gasteiger partial charge is 0.293 e. The van der Waals surface area contributed by atoms with Crippen molar-refractivity contribution in [3.05, 3.63) is 101 Å². The van der Waals surface area contributed by atoms with Crippen molar-refractivity contribution in [2.75, 3.05) is 6.26 Å². The molecule has 3 rings (SSSR count). The molecule has 0 fully saturated rings. The fraction of sp³-hybridized carbons (Fsp3) is 0.136. The van der Waals surface area contributed by atoms with E-state index in [1.165, 1.54) is 4.90 Å². The van der Waals surface area contributed by atoms with Crippen LogP contribution < -0.4 is 0 Å². The van der Waals surface area contributed by atoms with Gasteiger partial charge in [-0.3, -0.25) is 4.79 Å². The van der Waals surface area contributed by atoms with E-state index in [4.69, 9.17) is 0 Å². The average molecular weight is 332 g/mol. The van der Waals surface area contributed by atoms with Crippen molar-refractivity contribution in [2.45, 2.75) is 17.7 Å². The highest BCUT2D eigenvalue weighted by Gasteiger charge is 2.25. The van der Waals surface area contributed by atoms with Gasteiger partial charge in [-0.2, -0.15) is 0 Å². The molecule has 24 heavy (non-hydrogen) atoms. The van der Waals surface area contributed by atoms with Gasteiger partial charge in [-0.1, -0.05) is 66.7 Å². The summed E-state index contributed by atoms with van der Waals surface area (Å²) in [6.07, 6.45) is 2.07. The lowest BCUT2D eigenvalue weighted by atomic mass is 9.83. The van der Waals surface area contributed by atoms with Gasteiger partial charge in [-0.05, 0) is 42.0 Å². The van der Waals surface area contributed by atoms with Crippen LogP contribution in [0.4, 0.5) is 0 Å². The van der Waals surface area contributed by atoms with Crippen molar-refractivity contribution in [3.63, 3.8) is 0 Å². The van der Waals surface area contributed by atoms with Gasteiger partial charge in [-0.15, -0.1) is 11.8 Å². The monoisotopic (exact) mass is 332 g/mol. The zero-order valence-electron chi connectivity index (χ0n) is 13.9. The number of rotatable bonds is 5. The Kier molecular flexibility index (Phi) is 5.17. The quantitative estimate of drug-likeness (QED) is 0.438. The van der Waals surface area contributed by atoms with E-state index in [-0.39, 0.29) is 11.7 Å². The summed E-state index contributed by atoms with van der Waals surface area (Å²) < 4.78 is 0. The van der Waals surface area contributed by atoms with Crippen molar-refractivity contribution >= 4 is 17.5 Å². The van der Waals surface area contributed by atoms with E-state index in [0.717, 1.165) is 22.3 Å². The Morgan fingerprint density at radius 1 is 0.875 bits per heavy atom. The lowest BCUT2D eigenvalue weighted by Gasteiger charge is -2.20. The Morgan fingerprint density at radius 3 is 2.08 bits per heavy atom. The molecule has 1 atom stereocenters. The molecule has 0 saturated carbocycles. The Balaban J connectivity index is 2.11. The number of carbonyl (C=O) groups excluding carboxylic acids is 1. The standard InChI is InChI=1S/C22H20OS/c1-16-15-19(24-2)13-14-20(16)21(17-9-5-3-6-10-17)22(23)18-11-7-4-8-12-18/h3-15,21H,1-2H3. The summed E-state index contributed by atoms with van der Waals surface area (Å²) in [6, 6.07) is 25.9. The van der Waals surface area contributed by atoms with Gasteiger partial charge in [0.1, 0.15) is 0 Å². The molecule has 0 amide bonds. The van der Waals surface area contributed by atoms with E-state index in [9.17, 15) is 4.79 Å². The van der Waals surface area contributed by atoms with Crippen LogP contribution in [0.25, 0.3) is 0 Å². The van der Waals surface area contributed by atoms with Crippen LogP contribution in [0.2, 0.25) is 0 Å². The van der Waals surface area contributed by atoms with Gasteiger partial charge in [0.05, 0.1) is 5.92 Å². The van der Waals surface area contributed by atoms with E-state index < -0.39 is 0 Å². The van der Waals surface area contributed by atoms with Gasteiger partial charge < -0.3 is 0 Å². The summed E-state index contributed by atoms with van der Waals surface area (Å²) >= 11 is 1.72. The molecule has 3 aromatic rings. The summed E-state index contributed by atoms with van der Waals surface area (Å²) in [5.74, 6) is -0.133. The van der Waals surface area contributed by atoms with Crippen molar-refractivity contribution in [1.82, 2.24) is 0 Å². The number of benzene rings is 3. The SMILES string of the molecule is CSc1ccc(C(C(=O)c2ccccc2)c2ccccc2)c(C)c1. The first-order chi connectivity index (χ1) is 11.7. The Bertz CT molecular complexity index is 825. The van der Waals surface area contributed by atoms with Crippen LogP contribution in [0, 0.1) is 6.92 Å². The van der Waals surface area contributed by atoms with E-state index >= 15 is 0 Å². The molecule has 3 aromatic carbocycles. The Hall–Kier alpha value is -2.32. The number of Topliss-reactive ketones (excluding diaryl/α,β-unsaturated/α-hetero) is 1. The number of hydrogen-bond donors (Lipinski definition) is 0. The van der Waals surface area contributed by atoms with Crippen LogP contribution in [0.5, 0.6) is 0 Å². The highest BCUT2D eigenvalue weighted by atomic mass is 32.2. The second kappa shape index (κ2) is 7.50. The summed E-state index contributed by atoms with van der Waals surface area (Å²) in [4.78, 5) is 14.5. The summed E-state index contributed by atoms with van der Waals surface area (Å²) in [5, 5.41) is 0. The minimum atomic E-state index is -0.274. The van der Waals surface area contributed by atoms with Crippen LogP contribution >= 0.6 is 11.8 Å². The van der Waals surface area contributed by atoms with Crippen LogP contribution in [0.3, 0.4) is 0 Å². The molecule has 0 heterocycles. The first kappa shape index (κ1) is 16.5. The summed E-state index contributed by atoms with van der Waals surface area (Å²) in [6.45, 7) is 2.09. The second-order valence-corrected chi connectivity index (χ2v) is 6.68. The zero-order chi connectivity index (χ0) is 16.9. The normalized spacial score (nSPS) is 11.9. The van der Waals surface area contributed by atoms with Crippen LogP contribution in [0.15, 0.2) is 83.8 Å². The first-order valence-electron chi connectivity index (χ1n) is 7.99. The molecular formula is C22H20OS. The second-order valence-electron chi connectivity index (χ2n) is 5.80. The molecule has 2 heteroatoms. The lowest BCUT2D eigenvalue weighted by molar-refractivity contribution is 0.0973. The van der Waals surface area contributed by atoms with Crippen molar-refractivity contribution in [2.24, 2.45) is 0 Å². The first-order valence-corrected chi connectivity index (χ1v) is 9.22. The Labute approximate surface area is 147 Å². The number of aryl methyl sites for hydroxylation is 1. The predicted octanol–water partition coefficient (Wildman–Crippen LogP) is 5.73. The maximum Gasteiger partial charge on any atom is 0.174 e. The van der Waals surface area contributed by atoms with E-state index in [1.807, 2.05) is 60.7 Å². The highest BCUT2D eigenvalue weighted by Crippen LogP contribution is 2.32. The van der Waals surface area contributed by atoms with Gasteiger partial charge in [0.15, 0.2) is 5.78 Å². The number of hydrogen-bond acceptors (Lipinski definition) is 2. The van der Waals surface area contributed by atoms with Crippen LogP contribution in [-0.2, 0) is 0 Å². The molecule has 0 aliphatic rings. The fourth-order valence-corrected chi connectivity index (χ4v) is 3.48. The summed E-state index contributed by atoms with van der Waals surface area (Å²) in [5.41, 5.74) is 4.01. The maximum absolute atomic E-state index is 13.2. The molecular weight excluding hydrogens is 312 g/mol. The minimum absolute atomic E-state index is 0.141. The number of thioether (sulfide) groups is 1. The molecule has 1 nitrogen and oxygen atoms in total. The third kappa shape index (κ3) is 3.44. The molecule has 0 bridgehead atoms. The third-order valence-electron chi connectivity index (χ3n) is 4.24. The van der Waals surface area contributed by atoms with Crippen molar-refractivity contribution in [1.29, 1.82) is 0 Å². The van der Waals surface area contributed by atoms with Gasteiger partial charge in [0, 0.05) is 10.5 Å². The van der Waals surface area contributed by atoms with Gasteiger partial charge >= 0.3 is 0 Å². The molecule has 0 saturated heterocycles. The smallest absolute Gasteiger partial charge is 0.174 e. The van der Waals surface area contributed by atoms with Crippen molar-refractivity contribution < 1.29 is 4.79 Å². The zero-order valence-corrected chi connectivity index (χ0v) is 14.7. The highest BCUT2D eigenvalue weighted by molar-refractivity contribution is 7.98. The topological polar surface area (TPSA) is 17.1 Å². The van der Waals surface area contributed by atoms with Crippen LogP contribution in [-0.4, -0.2) is 12.0 Å². The molecule has 1 unspecified atom stereocenters. The van der Waals surface area contributed by atoms with Gasteiger partial charge in [-0.25, -0.2) is 0 Å². The van der Waals surface area contributed by atoms with Gasteiger partial charge in [0.2, 0.25) is 0 Å². The number of ketones is 1. The minimum Gasteiger partial charge on any atom is -0.293 e. The Morgan fingerprint density at radius 2 is 1.50 bits per heavy atom. The van der Waals surface area contributed by atoms with E-state index in [1.54, 1.807) is 11.8 Å². The maximum atomic E-state index is 13.2.